The first kappa shape index (κ1) is 16.1. The van der Waals surface area contributed by atoms with E-state index in [2.05, 4.69) is 5.32 Å². The minimum absolute atomic E-state index is 0.150. The van der Waals surface area contributed by atoms with E-state index in [0.29, 0.717) is 5.69 Å². The van der Waals surface area contributed by atoms with Crippen molar-refractivity contribution >= 4 is 17.6 Å². The molecule has 0 unspecified atom stereocenters. The molecule has 0 aliphatic carbocycles. The molecule has 20 heavy (non-hydrogen) atoms. The number of aryl methyl sites for hydroxylation is 2. The molecule has 1 aromatic carbocycles. The molecule has 0 saturated carbocycles. The molecule has 0 aromatic heterocycles. The third kappa shape index (κ3) is 4.99. The number of carbonyl (C=O) groups is 2. The Hall–Kier alpha value is -1.92. The molecule has 0 saturated heterocycles. The highest BCUT2D eigenvalue weighted by molar-refractivity contribution is 5.94. The predicted molar refractivity (Wildman–Crippen MR) is 71.8 cm³/mol. The van der Waals surface area contributed by atoms with Gasteiger partial charge in [-0.25, -0.2) is 0 Å². The number of nitrogens with one attached hydrogen (secondary N) is 1. The highest BCUT2D eigenvalue weighted by Gasteiger charge is 2.18. The number of aliphatic carboxylic acids is 1. The Balaban J connectivity index is 2.65. The molecule has 0 fully saturated rings. The van der Waals surface area contributed by atoms with Crippen LogP contribution < -0.4 is 15.7 Å². The van der Waals surface area contributed by atoms with Crippen molar-refractivity contribution in [3.05, 3.63) is 29.3 Å². The van der Waals surface area contributed by atoms with Crippen molar-refractivity contribution < 1.29 is 25.1 Å². The summed E-state index contributed by atoms with van der Waals surface area (Å²) in [6.45, 7) is 3.84. The topological polar surface area (TPSA) is 106 Å². The molecular formula is C14H20N2O4. The molecule has 6 heteroatoms. The number of aliphatic hydroxyl groups excluding tert-OH is 1. The number of anilines is 1. The average molecular weight is 280 g/mol. The first-order valence-electron chi connectivity index (χ1n) is 6.46. The summed E-state index contributed by atoms with van der Waals surface area (Å²) in [6, 6.07) is 4.66. The zero-order chi connectivity index (χ0) is 15.1. The SMILES string of the molecule is Cc1ccc(C)c(NC(=O)C[C@@H]([NH2+]CCO)C(=O)[O-])c1. The number of hydrogen-bond acceptors (Lipinski definition) is 4. The van der Waals surface area contributed by atoms with Crippen LogP contribution in [0, 0.1) is 13.8 Å². The van der Waals surface area contributed by atoms with Crippen LogP contribution in [0.1, 0.15) is 17.5 Å². The van der Waals surface area contributed by atoms with E-state index in [1.807, 2.05) is 32.0 Å². The van der Waals surface area contributed by atoms with Gasteiger partial charge in [-0.15, -0.1) is 0 Å². The van der Waals surface area contributed by atoms with E-state index in [0.717, 1.165) is 11.1 Å². The summed E-state index contributed by atoms with van der Waals surface area (Å²) in [4.78, 5) is 22.8. The Kier molecular flexibility index (Phi) is 6.14. The number of carboxylic acid groups (broad SMARTS) is 1. The fourth-order valence-electron chi connectivity index (χ4n) is 1.81. The second kappa shape index (κ2) is 7.62. The van der Waals surface area contributed by atoms with Gasteiger partial charge in [-0.2, -0.15) is 0 Å². The molecule has 4 N–H and O–H groups in total. The zero-order valence-electron chi connectivity index (χ0n) is 11.7. The number of rotatable bonds is 7. The van der Waals surface area contributed by atoms with Crippen LogP contribution in [0.15, 0.2) is 18.2 Å². The van der Waals surface area contributed by atoms with Gasteiger partial charge in [0.25, 0.3) is 0 Å². The second-order valence-corrected chi connectivity index (χ2v) is 4.74. The van der Waals surface area contributed by atoms with Crippen molar-refractivity contribution in [3.63, 3.8) is 0 Å². The van der Waals surface area contributed by atoms with Gasteiger partial charge in [0, 0.05) is 5.69 Å². The van der Waals surface area contributed by atoms with Crippen LogP contribution >= 0.6 is 0 Å². The summed E-state index contributed by atoms with van der Waals surface area (Å²) in [7, 11) is 0. The third-order valence-electron chi connectivity index (χ3n) is 2.96. The zero-order valence-corrected chi connectivity index (χ0v) is 11.7. The lowest BCUT2D eigenvalue weighted by molar-refractivity contribution is -0.683. The molecule has 0 radical (unpaired) electrons. The van der Waals surface area contributed by atoms with Crippen molar-refractivity contribution in [1.82, 2.24) is 0 Å². The number of amides is 1. The number of quaternary nitrogens is 1. The van der Waals surface area contributed by atoms with Gasteiger partial charge in [-0.05, 0) is 31.0 Å². The van der Waals surface area contributed by atoms with Crippen molar-refractivity contribution in [2.45, 2.75) is 26.3 Å². The van der Waals surface area contributed by atoms with E-state index in [4.69, 9.17) is 5.11 Å². The molecule has 0 aliphatic rings. The number of nitrogens with two attached hydrogens (primary N) is 1. The maximum atomic E-state index is 11.9. The van der Waals surface area contributed by atoms with E-state index < -0.39 is 12.0 Å². The summed E-state index contributed by atoms with van der Waals surface area (Å²) in [5.41, 5.74) is 2.59. The maximum absolute atomic E-state index is 11.9. The van der Waals surface area contributed by atoms with Crippen LogP contribution in [-0.2, 0) is 9.59 Å². The number of carbonyl (C=O) groups excluding carboxylic acids is 2. The van der Waals surface area contributed by atoms with E-state index in [1.54, 1.807) is 0 Å². The quantitative estimate of drug-likeness (QED) is 0.554. The van der Waals surface area contributed by atoms with Crippen LogP contribution in [0.5, 0.6) is 0 Å². The Morgan fingerprint density at radius 3 is 2.70 bits per heavy atom. The second-order valence-electron chi connectivity index (χ2n) is 4.74. The van der Waals surface area contributed by atoms with E-state index in [9.17, 15) is 14.7 Å². The minimum atomic E-state index is -1.31. The molecule has 0 aliphatic heterocycles. The molecule has 1 rings (SSSR count). The lowest BCUT2D eigenvalue weighted by atomic mass is 10.1. The Bertz CT molecular complexity index is 488. The number of benzene rings is 1. The first-order valence-corrected chi connectivity index (χ1v) is 6.46. The van der Waals surface area contributed by atoms with Gasteiger partial charge >= 0.3 is 0 Å². The molecule has 1 amide bonds. The first-order chi connectivity index (χ1) is 9.43. The fourth-order valence-corrected chi connectivity index (χ4v) is 1.81. The summed E-state index contributed by atoms with van der Waals surface area (Å²) in [6.07, 6.45) is -0.199. The highest BCUT2D eigenvalue weighted by atomic mass is 16.4. The van der Waals surface area contributed by atoms with Gasteiger partial charge in [0.2, 0.25) is 5.91 Å². The number of aliphatic hydroxyl groups is 1. The number of hydrogen-bond donors (Lipinski definition) is 3. The molecule has 110 valence electrons. The minimum Gasteiger partial charge on any atom is -0.544 e. The van der Waals surface area contributed by atoms with Crippen LogP contribution in [0.4, 0.5) is 5.69 Å². The van der Waals surface area contributed by atoms with Gasteiger partial charge in [0.05, 0.1) is 25.5 Å². The normalized spacial score (nSPS) is 11.9. The van der Waals surface area contributed by atoms with Gasteiger partial charge in [-0.1, -0.05) is 12.1 Å². The molecule has 0 heterocycles. The predicted octanol–water partition coefficient (Wildman–Crippen LogP) is -1.69. The lowest BCUT2D eigenvalue weighted by Crippen LogP contribution is -2.94. The van der Waals surface area contributed by atoms with Gasteiger partial charge in [0.1, 0.15) is 6.04 Å². The summed E-state index contributed by atoms with van der Waals surface area (Å²) >= 11 is 0. The Labute approximate surface area is 117 Å². The van der Waals surface area contributed by atoms with Crippen molar-refractivity contribution in [1.29, 1.82) is 0 Å². The molecule has 1 aromatic rings. The van der Waals surface area contributed by atoms with Crippen molar-refractivity contribution in [2.75, 3.05) is 18.5 Å². The Morgan fingerprint density at radius 2 is 2.10 bits per heavy atom. The molecule has 0 spiro atoms. The van der Waals surface area contributed by atoms with E-state index >= 15 is 0 Å². The van der Waals surface area contributed by atoms with E-state index in [-0.39, 0.29) is 25.5 Å². The van der Waals surface area contributed by atoms with E-state index in [1.165, 1.54) is 5.32 Å². The smallest absolute Gasteiger partial charge is 0.230 e. The summed E-state index contributed by atoms with van der Waals surface area (Å²) < 4.78 is 0. The average Bonchev–Trinajstić information content (AvgIpc) is 2.38. The van der Waals surface area contributed by atoms with Gasteiger partial charge in [-0.3, -0.25) is 4.79 Å². The third-order valence-corrected chi connectivity index (χ3v) is 2.96. The van der Waals surface area contributed by atoms with Crippen molar-refractivity contribution in [3.8, 4) is 0 Å². The largest absolute Gasteiger partial charge is 0.544 e. The lowest BCUT2D eigenvalue weighted by Gasteiger charge is -2.16. The van der Waals surface area contributed by atoms with Crippen molar-refractivity contribution in [2.24, 2.45) is 0 Å². The maximum Gasteiger partial charge on any atom is 0.230 e. The number of carboxylic acids is 1. The van der Waals surface area contributed by atoms with Gasteiger partial charge in [0.15, 0.2) is 0 Å². The van der Waals surface area contributed by atoms with Crippen LogP contribution in [0.3, 0.4) is 0 Å². The summed E-state index contributed by atoms with van der Waals surface area (Å²) in [5.74, 6) is -1.70. The molecule has 0 bridgehead atoms. The van der Waals surface area contributed by atoms with Gasteiger partial charge < -0.3 is 25.6 Å². The monoisotopic (exact) mass is 280 g/mol. The molecule has 6 nitrogen and oxygen atoms in total. The molecular weight excluding hydrogens is 260 g/mol. The standard InChI is InChI=1S/C14H20N2O4/c1-9-3-4-10(2)11(7-9)16-13(18)8-12(14(19)20)15-5-6-17/h3-4,7,12,15,17H,5-6,8H2,1-2H3,(H,16,18)(H,19,20)/t12-/m1/s1. The van der Waals surface area contributed by atoms with Crippen LogP contribution in [-0.4, -0.2) is 36.2 Å². The molecule has 1 atom stereocenters. The Morgan fingerprint density at radius 1 is 1.40 bits per heavy atom. The van der Waals surface area contributed by atoms with Crippen LogP contribution in [0.2, 0.25) is 0 Å². The summed E-state index contributed by atoms with van der Waals surface area (Å²) in [5, 5.41) is 23.7. The fraction of sp³-hybridized carbons (Fsp3) is 0.429. The highest BCUT2D eigenvalue weighted by Crippen LogP contribution is 2.16. The van der Waals surface area contributed by atoms with Crippen LogP contribution in [0.25, 0.3) is 0 Å².